The Morgan fingerprint density at radius 3 is 2.44 bits per heavy atom. The average molecular weight is 503 g/mol. The Bertz CT molecular complexity index is 1130. The van der Waals surface area contributed by atoms with Gasteiger partial charge in [0.25, 0.3) is 11.8 Å². The highest BCUT2D eigenvalue weighted by Gasteiger charge is 2.36. The van der Waals surface area contributed by atoms with Gasteiger partial charge < -0.3 is 14.2 Å². The van der Waals surface area contributed by atoms with Crippen LogP contribution in [-0.4, -0.2) is 44.6 Å². The summed E-state index contributed by atoms with van der Waals surface area (Å²) in [5.41, 5.74) is 1.48. The Morgan fingerprint density at radius 2 is 1.81 bits per heavy atom. The lowest BCUT2D eigenvalue weighted by Crippen LogP contribution is -2.54. The van der Waals surface area contributed by atoms with E-state index in [4.69, 9.17) is 9.47 Å². The summed E-state index contributed by atoms with van der Waals surface area (Å²) in [5.74, 6) is -1.65. The molecule has 0 unspecified atom stereocenters. The van der Waals surface area contributed by atoms with E-state index < -0.39 is 23.8 Å². The fraction of sp³-hybridized carbons (Fsp3) is 0.182. The van der Waals surface area contributed by atoms with Gasteiger partial charge in [-0.1, -0.05) is 17.7 Å². The van der Waals surface area contributed by atoms with Gasteiger partial charge >= 0.3 is 12.0 Å². The van der Waals surface area contributed by atoms with Gasteiger partial charge in [-0.15, -0.1) is 0 Å². The summed E-state index contributed by atoms with van der Waals surface area (Å²) < 4.78 is 15.7. The number of amides is 4. The number of hydrogen-bond donors (Lipinski definition) is 1. The summed E-state index contributed by atoms with van der Waals surface area (Å²) >= 11 is 3.33. The predicted molar refractivity (Wildman–Crippen MR) is 118 cm³/mol. The molecule has 32 heavy (non-hydrogen) atoms. The molecule has 1 saturated heterocycles. The number of nitrogens with zero attached hydrogens (tertiary/aromatic N) is 1. The van der Waals surface area contributed by atoms with Crippen LogP contribution in [0.2, 0.25) is 0 Å². The van der Waals surface area contributed by atoms with Gasteiger partial charge in [-0.05, 0) is 58.8 Å². The van der Waals surface area contributed by atoms with Gasteiger partial charge in [-0.3, -0.25) is 14.9 Å². The molecule has 0 spiro atoms. The number of carbonyl (C=O) groups is 4. The van der Waals surface area contributed by atoms with Crippen molar-refractivity contribution in [1.29, 1.82) is 0 Å². The number of hydrogen-bond acceptors (Lipinski definition) is 7. The van der Waals surface area contributed by atoms with Crippen LogP contribution in [0.1, 0.15) is 11.1 Å². The number of aryl methyl sites for hydroxylation is 1. The molecule has 0 saturated carbocycles. The van der Waals surface area contributed by atoms with E-state index >= 15 is 0 Å². The number of urea groups is 1. The molecular weight excluding hydrogens is 484 g/mol. The molecule has 4 amide bonds. The maximum Gasteiger partial charge on any atom is 0.343 e. The van der Waals surface area contributed by atoms with Gasteiger partial charge in [0, 0.05) is 0 Å². The lowest BCUT2D eigenvalue weighted by molar-refractivity contribution is -0.143. The van der Waals surface area contributed by atoms with Crippen molar-refractivity contribution in [3.05, 3.63) is 57.6 Å². The molecule has 0 aromatic heterocycles. The summed E-state index contributed by atoms with van der Waals surface area (Å²) in [6.45, 7) is 1.54. The van der Waals surface area contributed by atoms with Crippen LogP contribution in [0.25, 0.3) is 6.08 Å². The first kappa shape index (κ1) is 23.0. The molecule has 1 N–H and O–H groups in total. The van der Waals surface area contributed by atoms with Crippen molar-refractivity contribution in [3.63, 3.8) is 0 Å². The smallest absolute Gasteiger partial charge is 0.343 e. The first-order valence-corrected chi connectivity index (χ1v) is 10.1. The van der Waals surface area contributed by atoms with Crippen molar-refractivity contribution in [1.82, 2.24) is 5.32 Å². The summed E-state index contributed by atoms with van der Waals surface area (Å²) in [4.78, 5) is 50.0. The number of barbiturate groups is 1. The van der Waals surface area contributed by atoms with E-state index in [-0.39, 0.29) is 23.7 Å². The van der Waals surface area contributed by atoms with Gasteiger partial charge in [0.15, 0.2) is 18.1 Å². The highest BCUT2D eigenvalue weighted by atomic mass is 79.9. The monoisotopic (exact) mass is 502 g/mol. The van der Waals surface area contributed by atoms with Gasteiger partial charge in [0.1, 0.15) is 5.57 Å². The highest BCUT2D eigenvalue weighted by Crippen LogP contribution is 2.37. The molecule has 0 radical (unpaired) electrons. The van der Waals surface area contributed by atoms with Crippen molar-refractivity contribution >= 4 is 51.5 Å². The SMILES string of the molecule is COC(=O)COc1c(Br)cc(/C=C2\C(=O)NC(=O)N(c3ccc(C)cc3)C2=O)cc1OC. The second-order valence-electron chi connectivity index (χ2n) is 6.69. The van der Waals surface area contributed by atoms with Crippen LogP contribution < -0.4 is 19.7 Å². The third-order valence-corrected chi connectivity index (χ3v) is 5.11. The molecule has 10 heteroatoms. The standard InChI is InChI=1S/C22H19BrN2O7/c1-12-4-6-14(7-5-12)25-21(28)15(20(27)24-22(25)29)8-13-9-16(23)19(17(10-13)30-2)32-11-18(26)31-3/h4-10H,11H2,1-3H3,(H,24,27,29)/b15-8+. The third kappa shape index (κ3) is 4.80. The summed E-state index contributed by atoms with van der Waals surface area (Å²) in [5, 5.41) is 2.18. The van der Waals surface area contributed by atoms with Crippen LogP contribution in [-0.2, 0) is 19.1 Å². The van der Waals surface area contributed by atoms with E-state index in [1.165, 1.54) is 26.4 Å². The van der Waals surface area contributed by atoms with E-state index in [9.17, 15) is 19.2 Å². The quantitative estimate of drug-likeness (QED) is 0.367. The molecule has 0 bridgehead atoms. The van der Waals surface area contributed by atoms with Crippen LogP contribution >= 0.6 is 15.9 Å². The number of benzene rings is 2. The van der Waals surface area contributed by atoms with E-state index in [0.717, 1.165) is 10.5 Å². The fourth-order valence-corrected chi connectivity index (χ4v) is 3.48. The molecule has 1 heterocycles. The van der Waals surface area contributed by atoms with Crippen molar-refractivity contribution in [3.8, 4) is 11.5 Å². The molecule has 0 aliphatic carbocycles. The Morgan fingerprint density at radius 1 is 1.12 bits per heavy atom. The number of anilines is 1. The Hall–Kier alpha value is -3.66. The van der Waals surface area contributed by atoms with Crippen molar-refractivity contribution in [2.45, 2.75) is 6.92 Å². The van der Waals surface area contributed by atoms with Crippen LogP contribution in [0, 0.1) is 6.92 Å². The molecule has 9 nitrogen and oxygen atoms in total. The normalized spacial score (nSPS) is 14.9. The molecule has 0 atom stereocenters. The van der Waals surface area contributed by atoms with Gasteiger partial charge in [0.2, 0.25) is 0 Å². The molecular formula is C22H19BrN2O7. The Balaban J connectivity index is 1.96. The van der Waals surface area contributed by atoms with Crippen LogP contribution in [0.3, 0.4) is 0 Å². The maximum atomic E-state index is 13.0. The number of rotatable bonds is 6. The zero-order valence-electron chi connectivity index (χ0n) is 17.4. The summed E-state index contributed by atoms with van der Waals surface area (Å²) in [7, 11) is 2.64. The molecule has 1 aliphatic rings. The van der Waals surface area contributed by atoms with E-state index in [0.29, 0.717) is 15.7 Å². The minimum atomic E-state index is -0.827. The number of halogens is 1. The molecule has 2 aromatic carbocycles. The van der Waals surface area contributed by atoms with Crippen molar-refractivity contribution < 1.29 is 33.4 Å². The second kappa shape index (κ2) is 9.65. The number of methoxy groups -OCH3 is 2. The van der Waals surface area contributed by atoms with Gasteiger partial charge in [-0.2, -0.15) is 0 Å². The average Bonchev–Trinajstić information content (AvgIpc) is 2.76. The molecule has 1 aliphatic heterocycles. The van der Waals surface area contributed by atoms with Gasteiger partial charge in [0.05, 0.1) is 24.4 Å². The van der Waals surface area contributed by atoms with E-state index in [2.05, 4.69) is 26.0 Å². The van der Waals surface area contributed by atoms with Gasteiger partial charge in [-0.25, -0.2) is 14.5 Å². The van der Waals surface area contributed by atoms with Crippen LogP contribution in [0.5, 0.6) is 11.5 Å². The highest BCUT2D eigenvalue weighted by molar-refractivity contribution is 9.10. The minimum Gasteiger partial charge on any atom is -0.493 e. The molecule has 1 fully saturated rings. The third-order valence-electron chi connectivity index (χ3n) is 4.52. The number of nitrogens with one attached hydrogen (secondary N) is 1. The molecule has 166 valence electrons. The van der Waals surface area contributed by atoms with E-state index in [1.807, 2.05) is 6.92 Å². The summed E-state index contributed by atoms with van der Waals surface area (Å²) in [6, 6.07) is 9.02. The largest absolute Gasteiger partial charge is 0.493 e. The summed E-state index contributed by atoms with van der Waals surface area (Å²) in [6.07, 6.45) is 1.34. The first-order chi connectivity index (χ1) is 15.2. The number of carbonyl (C=O) groups excluding carboxylic acids is 4. The number of esters is 1. The second-order valence-corrected chi connectivity index (χ2v) is 7.55. The predicted octanol–water partition coefficient (Wildman–Crippen LogP) is 2.98. The maximum absolute atomic E-state index is 13.0. The lowest BCUT2D eigenvalue weighted by atomic mass is 10.1. The van der Waals surface area contributed by atoms with Crippen LogP contribution in [0.15, 0.2) is 46.4 Å². The molecule has 3 rings (SSSR count). The van der Waals surface area contributed by atoms with Crippen molar-refractivity contribution in [2.75, 3.05) is 25.7 Å². The number of ether oxygens (including phenoxy) is 3. The van der Waals surface area contributed by atoms with E-state index in [1.54, 1.807) is 30.3 Å². The first-order valence-electron chi connectivity index (χ1n) is 9.30. The minimum absolute atomic E-state index is 0.234. The number of imide groups is 2. The topological polar surface area (TPSA) is 111 Å². The Labute approximate surface area is 192 Å². The van der Waals surface area contributed by atoms with Crippen LogP contribution in [0.4, 0.5) is 10.5 Å². The zero-order chi connectivity index (χ0) is 23.4. The van der Waals surface area contributed by atoms with Crippen molar-refractivity contribution in [2.24, 2.45) is 0 Å². The molecule has 2 aromatic rings. The lowest BCUT2D eigenvalue weighted by Gasteiger charge is -2.26. The zero-order valence-corrected chi connectivity index (χ0v) is 19.0. The fourth-order valence-electron chi connectivity index (χ4n) is 2.91. The Kier molecular flexibility index (Phi) is 6.94.